The van der Waals surface area contributed by atoms with Crippen LogP contribution in [0.5, 0.6) is 11.6 Å². The third kappa shape index (κ3) is 4.32. The summed E-state index contributed by atoms with van der Waals surface area (Å²) in [5.74, 6) is 4.04. The quantitative estimate of drug-likeness (QED) is 0.337. The minimum absolute atomic E-state index is 0.157. The summed E-state index contributed by atoms with van der Waals surface area (Å²) < 4.78 is 58.4. The van der Waals surface area contributed by atoms with Gasteiger partial charge >= 0.3 is 11.9 Å². The van der Waals surface area contributed by atoms with Crippen LogP contribution in [0.4, 0.5) is 28.9 Å². The summed E-state index contributed by atoms with van der Waals surface area (Å²) in [5, 5.41) is 11.3. The summed E-state index contributed by atoms with van der Waals surface area (Å²) in [7, 11) is 0. The van der Waals surface area contributed by atoms with Crippen LogP contribution in [-0.4, -0.2) is 34.3 Å². The number of pyridine rings is 1. The Morgan fingerprint density at radius 3 is 2.69 bits per heavy atom. The Morgan fingerprint density at radius 2 is 2.07 bits per heavy atom. The Bertz CT molecular complexity index is 986. The largest absolute Gasteiger partial charge is 0.432 e. The van der Waals surface area contributed by atoms with Crippen LogP contribution >= 0.6 is 11.6 Å². The summed E-state index contributed by atoms with van der Waals surface area (Å²) in [6, 6.07) is 4.47. The Kier molecular flexibility index (Phi) is 5.48. The van der Waals surface area contributed by atoms with Crippen LogP contribution in [0.15, 0.2) is 42.2 Å². The second-order valence-corrected chi connectivity index (χ2v) is 6.25. The molecule has 2 heterocycles. The van der Waals surface area contributed by atoms with Gasteiger partial charge in [0.1, 0.15) is 18.2 Å². The van der Waals surface area contributed by atoms with Crippen molar-refractivity contribution in [2.45, 2.75) is 6.18 Å². The van der Waals surface area contributed by atoms with E-state index in [4.69, 9.17) is 22.2 Å². The van der Waals surface area contributed by atoms with Gasteiger partial charge < -0.3 is 9.64 Å². The monoisotopic (exact) mass is 433 g/mol. The van der Waals surface area contributed by atoms with Gasteiger partial charge in [0.05, 0.1) is 15.6 Å². The van der Waals surface area contributed by atoms with Crippen molar-refractivity contribution in [1.82, 2.24) is 9.99 Å². The molecule has 0 bridgehead atoms. The van der Waals surface area contributed by atoms with Gasteiger partial charge in [0, 0.05) is 24.9 Å². The molecule has 3 rings (SSSR count). The van der Waals surface area contributed by atoms with E-state index in [0.29, 0.717) is 5.01 Å². The molecular formula is C16H12ClF4N5O3. The van der Waals surface area contributed by atoms with E-state index in [-0.39, 0.29) is 28.9 Å². The van der Waals surface area contributed by atoms with Crippen molar-refractivity contribution in [2.24, 2.45) is 5.84 Å². The summed E-state index contributed by atoms with van der Waals surface area (Å²) in [4.78, 5) is 15.3. The van der Waals surface area contributed by atoms with Gasteiger partial charge in [-0.05, 0) is 18.2 Å². The van der Waals surface area contributed by atoms with Crippen LogP contribution in [-0.2, 0) is 0 Å². The highest BCUT2D eigenvalue weighted by Gasteiger charge is 2.39. The molecule has 0 aliphatic carbocycles. The third-order valence-electron chi connectivity index (χ3n) is 3.92. The molecule has 0 atom stereocenters. The SMILES string of the molecule is NN1CN(c2cc(Oc3ncccc3[N+](=O)[O-])c(Cl)cc2F)CC=C1C(F)(F)F. The molecule has 0 spiro atoms. The molecule has 0 unspecified atom stereocenters. The smallest absolute Gasteiger partial charge is 0.432 e. The Labute approximate surface area is 165 Å². The predicted octanol–water partition coefficient (Wildman–Crippen LogP) is 3.97. The Balaban J connectivity index is 1.94. The summed E-state index contributed by atoms with van der Waals surface area (Å²) in [6.07, 6.45) is -2.59. The molecule has 0 saturated heterocycles. The number of hydrogen-bond acceptors (Lipinski definition) is 7. The fraction of sp³-hybridized carbons (Fsp3) is 0.188. The number of aromatic nitrogens is 1. The average Bonchev–Trinajstić information content (AvgIpc) is 2.63. The number of nitrogens with two attached hydrogens (primary N) is 1. The van der Waals surface area contributed by atoms with Crippen molar-refractivity contribution >= 4 is 23.0 Å². The highest BCUT2D eigenvalue weighted by molar-refractivity contribution is 6.32. The third-order valence-corrected chi connectivity index (χ3v) is 4.22. The summed E-state index contributed by atoms with van der Waals surface area (Å²) in [5.41, 5.74) is -1.65. The van der Waals surface area contributed by atoms with E-state index in [1.165, 1.54) is 17.2 Å². The number of nitro groups is 1. The molecule has 1 aromatic heterocycles. The highest BCUT2D eigenvalue weighted by Crippen LogP contribution is 2.38. The first kappa shape index (κ1) is 20.6. The number of ether oxygens (including phenoxy) is 1. The van der Waals surface area contributed by atoms with Crippen molar-refractivity contribution in [2.75, 3.05) is 18.1 Å². The van der Waals surface area contributed by atoms with E-state index in [0.717, 1.165) is 24.3 Å². The number of hydrogen-bond donors (Lipinski definition) is 1. The first-order valence-electron chi connectivity index (χ1n) is 7.88. The normalized spacial score (nSPS) is 14.6. The highest BCUT2D eigenvalue weighted by atomic mass is 35.5. The fourth-order valence-electron chi connectivity index (χ4n) is 2.63. The van der Waals surface area contributed by atoms with Gasteiger partial charge in [-0.2, -0.15) is 13.2 Å². The first-order valence-corrected chi connectivity index (χ1v) is 8.26. The molecule has 1 aliphatic rings. The van der Waals surface area contributed by atoms with Gasteiger partial charge in [-0.1, -0.05) is 11.6 Å². The Hall–Kier alpha value is -3.12. The standard InChI is InChI=1S/C16H12ClF4N5O3/c17-9-6-10(18)12(24-5-3-14(16(19,20)21)25(22)8-24)7-13(9)29-15-11(26(27)28)2-1-4-23-15/h1-4,6-7H,5,8,22H2. The van der Waals surface area contributed by atoms with Crippen LogP contribution in [0.1, 0.15) is 0 Å². The number of nitrogens with zero attached hydrogens (tertiary/aromatic N) is 4. The van der Waals surface area contributed by atoms with Crippen LogP contribution in [0.2, 0.25) is 5.02 Å². The number of halogens is 5. The van der Waals surface area contributed by atoms with Crippen molar-refractivity contribution in [3.63, 3.8) is 0 Å². The molecule has 2 N–H and O–H groups in total. The lowest BCUT2D eigenvalue weighted by Crippen LogP contribution is -2.49. The van der Waals surface area contributed by atoms with E-state index in [2.05, 4.69) is 4.98 Å². The zero-order valence-electron chi connectivity index (χ0n) is 14.4. The molecule has 8 nitrogen and oxygen atoms in total. The van der Waals surface area contributed by atoms with Crippen LogP contribution in [0.25, 0.3) is 0 Å². The first-order chi connectivity index (χ1) is 13.6. The van der Waals surface area contributed by atoms with Crippen LogP contribution in [0.3, 0.4) is 0 Å². The maximum absolute atomic E-state index is 14.4. The van der Waals surface area contributed by atoms with E-state index in [1.807, 2.05) is 0 Å². The van der Waals surface area contributed by atoms with E-state index < -0.39 is 35.0 Å². The van der Waals surface area contributed by atoms with Gasteiger partial charge in [-0.15, -0.1) is 0 Å². The van der Waals surface area contributed by atoms with Crippen LogP contribution < -0.4 is 15.5 Å². The zero-order chi connectivity index (χ0) is 21.3. The lowest BCUT2D eigenvalue weighted by molar-refractivity contribution is -0.386. The fourth-order valence-corrected chi connectivity index (χ4v) is 2.82. The van der Waals surface area contributed by atoms with Gasteiger partial charge in [0.15, 0.2) is 5.75 Å². The van der Waals surface area contributed by atoms with Gasteiger partial charge in [-0.25, -0.2) is 15.2 Å². The molecule has 154 valence electrons. The van der Waals surface area contributed by atoms with Crippen molar-refractivity contribution in [1.29, 1.82) is 0 Å². The minimum Gasteiger partial charge on any atom is -0.432 e. The molecule has 0 saturated carbocycles. The number of benzene rings is 1. The van der Waals surface area contributed by atoms with E-state index in [1.54, 1.807) is 0 Å². The maximum Gasteiger partial charge on any atom is 0.432 e. The van der Waals surface area contributed by atoms with E-state index >= 15 is 0 Å². The van der Waals surface area contributed by atoms with Crippen molar-refractivity contribution < 1.29 is 27.2 Å². The molecule has 0 radical (unpaired) electrons. The van der Waals surface area contributed by atoms with Crippen molar-refractivity contribution in [3.05, 3.63) is 63.2 Å². The van der Waals surface area contributed by atoms with Gasteiger partial charge in [0.25, 0.3) is 5.88 Å². The lowest BCUT2D eigenvalue weighted by atomic mass is 10.2. The van der Waals surface area contributed by atoms with E-state index in [9.17, 15) is 27.7 Å². The number of rotatable bonds is 4. The molecule has 0 fully saturated rings. The lowest BCUT2D eigenvalue weighted by Gasteiger charge is -2.36. The number of alkyl halides is 3. The molecule has 29 heavy (non-hydrogen) atoms. The van der Waals surface area contributed by atoms with Gasteiger partial charge in [0.2, 0.25) is 0 Å². The minimum atomic E-state index is -4.65. The van der Waals surface area contributed by atoms with Crippen molar-refractivity contribution in [3.8, 4) is 11.6 Å². The average molecular weight is 434 g/mol. The second-order valence-electron chi connectivity index (χ2n) is 5.84. The number of anilines is 1. The molecule has 13 heteroatoms. The molecule has 1 aliphatic heterocycles. The van der Waals surface area contributed by atoms with Gasteiger partial charge in [-0.3, -0.25) is 15.1 Å². The summed E-state index contributed by atoms with van der Waals surface area (Å²) in [6.45, 7) is -0.753. The molecular weight excluding hydrogens is 422 g/mol. The molecule has 1 aromatic carbocycles. The predicted molar refractivity (Wildman–Crippen MR) is 94.8 cm³/mol. The maximum atomic E-state index is 14.4. The number of hydrazine groups is 1. The second kappa shape index (κ2) is 7.72. The zero-order valence-corrected chi connectivity index (χ0v) is 15.1. The Morgan fingerprint density at radius 1 is 1.34 bits per heavy atom. The topological polar surface area (TPSA) is 97.8 Å². The molecule has 0 amide bonds. The number of allylic oxidation sites excluding steroid dienone is 1. The summed E-state index contributed by atoms with van der Waals surface area (Å²) >= 11 is 5.96. The molecule has 2 aromatic rings. The van der Waals surface area contributed by atoms with Crippen LogP contribution in [0, 0.1) is 15.9 Å².